The Labute approximate surface area is 329 Å². The Balaban J connectivity index is 1.04. The Kier molecular flexibility index (Phi) is 7.00. The van der Waals surface area contributed by atoms with Crippen LogP contribution in [0.1, 0.15) is 0 Å². The number of oxazole rings is 1. The van der Waals surface area contributed by atoms with Crippen molar-refractivity contribution >= 4 is 75.3 Å². The van der Waals surface area contributed by atoms with Crippen LogP contribution in [0.25, 0.3) is 121 Å². The Morgan fingerprint density at radius 2 is 0.965 bits per heavy atom. The predicted molar refractivity (Wildman–Crippen MR) is 232 cm³/mol. The molecule has 6 nitrogen and oxygen atoms in total. The molecule has 8 aromatic carbocycles. The van der Waals surface area contributed by atoms with Gasteiger partial charge in [0.15, 0.2) is 23.1 Å². The quantitative estimate of drug-likeness (QED) is 0.174. The smallest absolute Gasteiger partial charge is 0.227 e. The molecular weight excluding hydrogens is 721 g/mol. The van der Waals surface area contributed by atoms with Crippen molar-refractivity contribution in [3.63, 3.8) is 0 Å². The summed E-state index contributed by atoms with van der Waals surface area (Å²) >= 11 is 1.80. The average Bonchev–Trinajstić information content (AvgIpc) is 4.00. The molecule has 0 saturated heterocycles. The number of hydrogen-bond acceptors (Lipinski definition) is 7. The maximum Gasteiger partial charge on any atom is 0.227 e. The number of nitrogens with zero attached hydrogens (tertiary/aromatic N) is 4. The SMILES string of the molecule is c1ccc(-c2cccc(-c3nc(-c4ccc5c(ccc6oc7ccc8oc(-c9ccccc9)nc8c7c65)c4)nc(-c4ccc5sc6ccccc6c5c4)n3)c2)cc1. The number of aromatic nitrogens is 4. The van der Waals surface area contributed by atoms with Crippen molar-refractivity contribution in [2.75, 3.05) is 0 Å². The zero-order chi connectivity index (χ0) is 37.5. The van der Waals surface area contributed by atoms with Gasteiger partial charge >= 0.3 is 0 Å². The van der Waals surface area contributed by atoms with E-state index in [-0.39, 0.29) is 0 Å². The van der Waals surface area contributed by atoms with Gasteiger partial charge in [-0.05, 0) is 88.6 Å². The number of fused-ring (bicyclic) bond motifs is 10. The fourth-order valence-electron chi connectivity index (χ4n) is 8.01. The van der Waals surface area contributed by atoms with Gasteiger partial charge in [0, 0.05) is 47.8 Å². The summed E-state index contributed by atoms with van der Waals surface area (Å²) in [5.41, 5.74) is 8.96. The van der Waals surface area contributed by atoms with E-state index in [0.29, 0.717) is 28.9 Å². The molecule has 0 amide bonds. The summed E-state index contributed by atoms with van der Waals surface area (Å²) in [6.07, 6.45) is 0. The van der Waals surface area contributed by atoms with Crippen LogP contribution < -0.4 is 0 Å². The van der Waals surface area contributed by atoms with E-state index in [2.05, 4.69) is 115 Å². The van der Waals surface area contributed by atoms with Gasteiger partial charge in [0.25, 0.3) is 0 Å². The molecular formula is C50H28N4O2S. The molecule has 4 aromatic heterocycles. The zero-order valence-electron chi connectivity index (χ0n) is 30.2. The van der Waals surface area contributed by atoms with Gasteiger partial charge in [0.05, 0.1) is 5.39 Å². The van der Waals surface area contributed by atoms with Crippen LogP contribution in [0.5, 0.6) is 0 Å². The van der Waals surface area contributed by atoms with Crippen LogP contribution in [0.3, 0.4) is 0 Å². The Morgan fingerprint density at radius 3 is 1.79 bits per heavy atom. The van der Waals surface area contributed by atoms with Crippen LogP contribution in [0.15, 0.2) is 179 Å². The number of thiophene rings is 1. The highest BCUT2D eigenvalue weighted by Gasteiger charge is 2.20. The zero-order valence-corrected chi connectivity index (χ0v) is 31.0. The monoisotopic (exact) mass is 748 g/mol. The maximum atomic E-state index is 6.41. The number of benzene rings is 8. The van der Waals surface area contributed by atoms with E-state index in [4.69, 9.17) is 28.8 Å². The first-order chi connectivity index (χ1) is 28.2. The molecule has 12 aromatic rings. The average molecular weight is 749 g/mol. The normalized spacial score (nSPS) is 11.9. The number of hydrogen-bond donors (Lipinski definition) is 0. The molecule has 0 atom stereocenters. The maximum absolute atomic E-state index is 6.41. The van der Waals surface area contributed by atoms with Gasteiger partial charge in [-0.1, -0.05) is 103 Å². The Bertz CT molecular complexity index is 3530. The van der Waals surface area contributed by atoms with Crippen LogP contribution in [-0.2, 0) is 0 Å². The third kappa shape index (κ3) is 5.24. The highest BCUT2D eigenvalue weighted by atomic mass is 32.1. The molecule has 0 aliphatic carbocycles. The summed E-state index contributed by atoms with van der Waals surface area (Å²) < 4.78 is 15.2. The van der Waals surface area contributed by atoms with Crippen LogP contribution >= 0.6 is 11.3 Å². The highest BCUT2D eigenvalue weighted by Crippen LogP contribution is 2.41. The molecule has 0 fully saturated rings. The standard InChI is InChI=1S/C50H28N4O2S/c1-3-10-29(11-4-1)31-14-9-15-33(26-31)47-52-48(54-49(53-47)35-20-25-43-38(28-35)37-16-7-8-17-42(37)57-43)34-18-21-36-32(27-34)19-22-39-44(36)45-40(55-39)23-24-41-46(45)51-50(56-41)30-12-5-2-6-13-30/h1-28H. The molecule has 0 saturated carbocycles. The molecule has 266 valence electrons. The molecule has 7 heteroatoms. The first-order valence-electron chi connectivity index (χ1n) is 18.8. The van der Waals surface area contributed by atoms with Crippen molar-refractivity contribution in [3.05, 3.63) is 170 Å². The molecule has 0 bridgehead atoms. The lowest BCUT2D eigenvalue weighted by Gasteiger charge is -2.11. The van der Waals surface area contributed by atoms with E-state index in [1.54, 1.807) is 11.3 Å². The van der Waals surface area contributed by atoms with Gasteiger partial charge in [-0.2, -0.15) is 0 Å². The lowest BCUT2D eigenvalue weighted by Crippen LogP contribution is -2.00. The number of furan rings is 1. The summed E-state index contributed by atoms with van der Waals surface area (Å²) in [4.78, 5) is 20.5. The predicted octanol–water partition coefficient (Wildman–Crippen LogP) is 13.8. The minimum absolute atomic E-state index is 0.581. The van der Waals surface area contributed by atoms with E-state index in [1.807, 2.05) is 54.6 Å². The molecule has 0 radical (unpaired) electrons. The molecule has 0 unspecified atom stereocenters. The van der Waals surface area contributed by atoms with Crippen LogP contribution in [0, 0.1) is 0 Å². The van der Waals surface area contributed by atoms with Gasteiger partial charge in [-0.3, -0.25) is 0 Å². The minimum Gasteiger partial charge on any atom is -0.456 e. The van der Waals surface area contributed by atoms with Crippen LogP contribution in [0.2, 0.25) is 0 Å². The molecule has 4 heterocycles. The van der Waals surface area contributed by atoms with Crippen molar-refractivity contribution in [2.24, 2.45) is 0 Å². The van der Waals surface area contributed by atoms with Crippen LogP contribution in [-0.4, -0.2) is 19.9 Å². The van der Waals surface area contributed by atoms with E-state index >= 15 is 0 Å². The van der Waals surface area contributed by atoms with Gasteiger partial charge in [-0.25, -0.2) is 19.9 Å². The van der Waals surface area contributed by atoms with Crippen LogP contribution in [0.4, 0.5) is 0 Å². The first kappa shape index (κ1) is 31.8. The van der Waals surface area contributed by atoms with Gasteiger partial charge in [0.1, 0.15) is 16.7 Å². The van der Waals surface area contributed by atoms with Crippen molar-refractivity contribution in [2.45, 2.75) is 0 Å². The van der Waals surface area contributed by atoms with Crippen molar-refractivity contribution in [1.82, 2.24) is 19.9 Å². The number of rotatable bonds is 5. The molecule has 57 heavy (non-hydrogen) atoms. The second-order valence-electron chi connectivity index (χ2n) is 14.2. The summed E-state index contributed by atoms with van der Waals surface area (Å²) in [7, 11) is 0. The summed E-state index contributed by atoms with van der Waals surface area (Å²) in [6, 6.07) is 58.3. The van der Waals surface area contributed by atoms with Gasteiger partial charge < -0.3 is 8.83 Å². The molecule has 0 aliphatic rings. The summed E-state index contributed by atoms with van der Waals surface area (Å²) in [6.45, 7) is 0. The van der Waals surface area contributed by atoms with E-state index < -0.39 is 0 Å². The van der Waals surface area contributed by atoms with Gasteiger partial charge in [-0.15, -0.1) is 11.3 Å². The second-order valence-corrected chi connectivity index (χ2v) is 15.3. The molecule has 0 N–H and O–H groups in total. The van der Waals surface area contributed by atoms with E-state index in [9.17, 15) is 0 Å². The lowest BCUT2D eigenvalue weighted by molar-refractivity contribution is 0.619. The Morgan fingerprint density at radius 1 is 0.351 bits per heavy atom. The van der Waals surface area contributed by atoms with Crippen molar-refractivity contribution < 1.29 is 8.83 Å². The van der Waals surface area contributed by atoms with Crippen molar-refractivity contribution in [1.29, 1.82) is 0 Å². The first-order valence-corrected chi connectivity index (χ1v) is 19.6. The second kappa shape index (κ2) is 12.5. The molecule has 0 spiro atoms. The highest BCUT2D eigenvalue weighted by molar-refractivity contribution is 7.25. The topological polar surface area (TPSA) is 77.8 Å². The fraction of sp³-hybridized carbons (Fsp3) is 0. The fourth-order valence-corrected chi connectivity index (χ4v) is 9.10. The molecule has 12 rings (SSSR count). The van der Waals surface area contributed by atoms with E-state index in [1.165, 1.54) is 20.2 Å². The largest absolute Gasteiger partial charge is 0.456 e. The lowest BCUT2D eigenvalue weighted by atomic mass is 10.0. The molecule has 0 aliphatic heterocycles. The third-order valence-corrected chi connectivity index (χ3v) is 11.9. The third-order valence-electron chi connectivity index (χ3n) is 10.8. The van der Waals surface area contributed by atoms with Gasteiger partial charge in [0.2, 0.25) is 5.89 Å². The summed E-state index contributed by atoms with van der Waals surface area (Å²) in [5, 5.41) is 6.45. The van der Waals surface area contributed by atoms with E-state index in [0.717, 1.165) is 71.6 Å². The Hall–Kier alpha value is -7.48. The minimum atomic E-state index is 0.581. The summed E-state index contributed by atoms with van der Waals surface area (Å²) in [5.74, 6) is 2.41. The van der Waals surface area contributed by atoms with Crippen molar-refractivity contribution in [3.8, 4) is 56.7 Å².